The van der Waals surface area contributed by atoms with Crippen LogP contribution in [0, 0.1) is 0 Å². The number of aliphatic imine (C=N–C) groups is 1. The van der Waals surface area contributed by atoms with Gasteiger partial charge in [0, 0.05) is 19.1 Å². The zero-order valence-corrected chi connectivity index (χ0v) is 16.7. The number of benzene rings is 1. The zero-order chi connectivity index (χ0) is 21.4. The largest absolute Gasteiger partial charge is 0.493 e. The molecular weight excluding hydrogens is 377 g/mol. The lowest BCUT2D eigenvalue weighted by Crippen LogP contribution is -2.48. The van der Waals surface area contributed by atoms with Gasteiger partial charge in [0.05, 0.1) is 13.7 Å². The van der Waals surface area contributed by atoms with Crippen molar-refractivity contribution in [2.75, 3.05) is 27.3 Å². The molecular formula is C18H27F3N4O3. The highest BCUT2D eigenvalue weighted by Crippen LogP contribution is 2.29. The highest BCUT2D eigenvalue weighted by Gasteiger charge is 2.29. The zero-order valence-electron chi connectivity index (χ0n) is 16.7. The van der Waals surface area contributed by atoms with Gasteiger partial charge < -0.3 is 25.4 Å². The van der Waals surface area contributed by atoms with Crippen molar-refractivity contribution < 1.29 is 27.4 Å². The number of amides is 1. The van der Waals surface area contributed by atoms with Crippen LogP contribution in [0.1, 0.15) is 26.3 Å². The maximum Gasteiger partial charge on any atom is 0.422 e. The molecule has 0 unspecified atom stereocenters. The van der Waals surface area contributed by atoms with E-state index < -0.39 is 12.8 Å². The molecule has 158 valence electrons. The van der Waals surface area contributed by atoms with Crippen LogP contribution >= 0.6 is 0 Å². The Bertz CT molecular complexity index is 686. The second kappa shape index (κ2) is 10.0. The average Bonchev–Trinajstić information content (AvgIpc) is 2.58. The lowest BCUT2D eigenvalue weighted by atomic mass is 10.1. The minimum absolute atomic E-state index is 0.00457. The van der Waals surface area contributed by atoms with Crippen molar-refractivity contribution in [1.82, 2.24) is 16.0 Å². The number of alkyl halides is 3. The third-order valence-electron chi connectivity index (χ3n) is 3.23. The molecule has 7 nitrogen and oxygen atoms in total. The number of hydrogen-bond donors (Lipinski definition) is 3. The predicted molar refractivity (Wildman–Crippen MR) is 101 cm³/mol. The molecule has 0 aliphatic rings. The Morgan fingerprint density at radius 2 is 1.82 bits per heavy atom. The molecule has 3 N–H and O–H groups in total. The van der Waals surface area contributed by atoms with Crippen LogP contribution in [0.5, 0.6) is 11.5 Å². The van der Waals surface area contributed by atoms with Gasteiger partial charge in [-0.15, -0.1) is 0 Å². The van der Waals surface area contributed by atoms with E-state index >= 15 is 0 Å². The van der Waals surface area contributed by atoms with Gasteiger partial charge in [-0.2, -0.15) is 13.2 Å². The van der Waals surface area contributed by atoms with Crippen LogP contribution in [0.15, 0.2) is 23.2 Å². The van der Waals surface area contributed by atoms with Crippen molar-refractivity contribution in [2.24, 2.45) is 4.99 Å². The lowest BCUT2D eigenvalue weighted by molar-refractivity contribution is -0.153. The molecule has 0 bridgehead atoms. The molecule has 0 aliphatic heterocycles. The van der Waals surface area contributed by atoms with Crippen LogP contribution in [0.3, 0.4) is 0 Å². The van der Waals surface area contributed by atoms with Gasteiger partial charge in [-0.25, -0.2) is 0 Å². The molecule has 0 radical (unpaired) electrons. The van der Waals surface area contributed by atoms with Crippen molar-refractivity contribution in [2.45, 2.75) is 39.0 Å². The molecule has 1 aromatic rings. The van der Waals surface area contributed by atoms with Gasteiger partial charge in [-0.05, 0) is 38.5 Å². The first kappa shape index (κ1) is 23.4. The number of hydrogen-bond acceptors (Lipinski definition) is 4. The summed E-state index contributed by atoms with van der Waals surface area (Å²) in [5.74, 6) is 0.421. The van der Waals surface area contributed by atoms with Crippen LogP contribution < -0.4 is 25.4 Å². The summed E-state index contributed by atoms with van der Waals surface area (Å²) in [7, 11) is 2.91. The number of guanidine groups is 1. The van der Waals surface area contributed by atoms with Crippen molar-refractivity contribution >= 4 is 11.9 Å². The molecule has 0 aliphatic carbocycles. The standard InChI is InChI=1S/C18H27F3N4O3/c1-17(2,3)25-15(26)10-24-16(22-4)23-9-12-6-7-13(14(8-12)27-5)28-11-18(19,20)21/h6-8H,9-11H2,1-5H3,(H,25,26)(H2,22,23,24). The molecule has 0 fully saturated rings. The Morgan fingerprint density at radius 1 is 1.14 bits per heavy atom. The van der Waals surface area contributed by atoms with Crippen LogP contribution in [-0.2, 0) is 11.3 Å². The molecule has 0 saturated carbocycles. The molecule has 1 amide bonds. The van der Waals surface area contributed by atoms with E-state index in [1.165, 1.54) is 13.2 Å². The highest BCUT2D eigenvalue weighted by atomic mass is 19.4. The summed E-state index contributed by atoms with van der Waals surface area (Å²) >= 11 is 0. The molecule has 28 heavy (non-hydrogen) atoms. The molecule has 1 aromatic carbocycles. The first-order valence-corrected chi connectivity index (χ1v) is 8.55. The van der Waals surface area contributed by atoms with E-state index in [2.05, 4.69) is 20.9 Å². The molecule has 1 rings (SSSR count). The number of rotatable bonds is 7. The van der Waals surface area contributed by atoms with E-state index in [0.29, 0.717) is 12.5 Å². The molecule has 0 aromatic heterocycles. The first-order valence-electron chi connectivity index (χ1n) is 8.55. The minimum atomic E-state index is -4.43. The molecule has 0 saturated heterocycles. The summed E-state index contributed by atoms with van der Waals surface area (Å²) in [4.78, 5) is 15.9. The fraction of sp³-hybridized carbons (Fsp3) is 0.556. The second-order valence-electron chi connectivity index (χ2n) is 6.97. The van der Waals surface area contributed by atoms with Gasteiger partial charge in [0.1, 0.15) is 0 Å². The highest BCUT2D eigenvalue weighted by molar-refractivity contribution is 5.86. The van der Waals surface area contributed by atoms with Gasteiger partial charge in [-0.3, -0.25) is 9.79 Å². The summed E-state index contributed by atoms with van der Waals surface area (Å²) in [5, 5.41) is 8.72. The molecule has 0 atom stereocenters. The Kier molecular flexibility index (Phi) is 8.39. The maximum absolute atomic E-state index is 12.3. The Balaban J connectivity index is 2.61. The predicted octanol–water partition coefficient (Wildman–Crippen LogP) is 2.22. The quantitative estimate of drug-likeness (QED) is 0.479. The summed E-state index contributed by atoms with van der Waals surface area (Å²) < 4.78 is 46.7. The Morgan fingerprint density at radius 3 is 2.36 bits per heavy atom. The van der Waals surface area contributed by atoms with Crippen molar-refractivity contribution in [3.63, 3.8) is 0 Å². The summed E-state index contributed by atoms with van der Waals surface area (Å²) in [6.07, 6.45) is -4.43. The Hall–Kier alpha value is -2.65. The number of carbonyl (C=O) groups excluding carboxylic acids is 1. The minimum Gasteiger partial charge on any atom is -0.493 e. The number of ether oxygens (including phenoxy) is 2. The van der Waals surface area contributed by atoms with Crippen LogP contribution in [-0.4, -0.2) is 50.9 Å². The van der Waals surface area contributed by atoms with E-state index in [4.69, 9.17) is 9.47 Å². The second-order valence-corrected chi connectivity index (χ2v) is 6.97. The monoisotopic (exact) mass is 404 g/mol. The first-order chi connectivity index (χ1) is 12.9. The molecule has 10 heteroatoms. The third kappa shape index (κ3) is 9.33. The number of halogens is 3. The molecule has 0 spiro atoms. The summed E-state index contributed by atoms with van der Waals surface area (Å²) in [5.41, 5.74) is 0.403. The van der Waals surface area contributed by atoms with E-state index in [-0.39, 0.29) is 29.5 Å². The van der Waals surface area contributed by atoms with Gasteiger partial charge >= 0.3 is 6.18 Å². The van der Waals surface area contributed by atoms with Gasteiger partial charge in [0.15, 0.2) is 24.1 Å². The van der Waals surface area contributed by atoms with E-state index in [1.807, 2.05) is 20.8 Å². The normalized spacial score (nSPS) is 12.4. The van der Waals surface area contributed by atoms with Crippen LogP contribution in [0.25, 0.3) is 0 Å². The van der Waals surface area contributed by atoms with Crippen molar-refractivity contribution in [1.29, 1.82) is 0 Å². The smallest absolute Gasteiger partial charge is 0.422 e. The van der Waals surface area contributed by atoms with Gasteiger partial charge in [0.2, 0.25) is 5.91 Å². The summed E-state index contributed by atoms with van der Waals surface area (Å²) in [6.45, 7) is 4.61. The fourth-order valence-corrected chi connectivity index (χ4v) is 2.13. The van der Waals surface area contributed by atoms with Crippen LogP contribution in [0.4, 0.5) is 13.2 Å². The van der Waals surface area contributed by atoms with Crippen molar-refractivity contribution in [3.05, 3.63) is 23.8 Å². The van der Waals surface area contributed by atoms with Crippen molar-refractivity contribution in [3.8, 4) is 11.5 Å². The van der Waals surface area contributed by atoms with E-state index in [0.717, 1.165) is 5.56 Å². The number of methoxy groups -OCH3 is 1. The summed E-state index contributed by atoms with van der Waals surface area (Å²) in [6, 6.07) is 4.59. The SMILES string of the molecule is CN=C(NCC(=O)NC(C)(C)C)NCc1ccc(OCC(F)(F)F)c(OC)c1. The average molecular weight is 404 g/mol. The topological polar surface area (TPSA) is 84.0 Å². The molecule has 0 heterocycles. The number of carbonyl (C=O) groups is 1. The Labute approximate surface area is 162 Å². The maximum atomic E-state index is 12.3. The van der Waals surface area contributed by atoms with Crippen LogP contribution in [0.2, 0.25) is 0 Å². The van der Waals surface area contributed by atoms with E-state index in [9.17, 15) is 18.0 Å². The number of nitrogens with one attached hydrogen (secondary N) is 3. The fourth-order valence-electron chi connectivity index (χ4n) is 2.13. The van der Waals surface area contributed by atoms with Gasteiger partial charge in [0.25, 0.3) is 0 Å². The number of nitrogens with zero attached hydrogens (tertiary/aromatic N) is 1. The third-order valence-corrected chi connectivity index (χ3v) is 3.23. The van der Waals surface area contributed by atoms with Gasteiger partial charge in [-0.1, -0.05) is 6.07 Å². The lowest BCUT2D eigenvalue weighted by Gasteiger charge is -2.21. The van der Waals surface area contributed by atoms with E-state index in [1.54, 1.807) is 19.2 Å².